The topological polar surface area (TPSA) is 105 Å². The molecule has 1 aliphatic rings. The lowest BCUT2D eigenvalue weighted by molar-refractivity contribution is -0.120. The Bertz CT molecular complexity index is 655. The molecular formula is C17H19N3O3. The van der Waals surface area contributed by atoms with E-state index in [0.29, 0.717) is 11.3 Å². The molecule has 0 unspecified atom stereocenters. The molecule has 0 aromatic heterocycles. The monoisotopic (exact) mass is 313 g/mol. The summed E-state index contributed by atoms with van der Waals surface area (Å²) in [5.74, 6) is -0.583. The maximum atomic E-state index is 12.2. The maximum absolute atomic E-state index is 12.2. The molecule has 0 atom stereocenters. The molecule has 0 saturated heterocycles. The number of nitriles is 1. The van der Waals surface area contributed by atoms with Crippen molar-refractivity contribution in [2.24, 2.45) is 5.73 Å². The quantitative estimate of drug-likeness (QED) is 0.613. The zero-order valence-electron chi connectivity index (χ0n) is 12.7. The summed E-state index contributed by atoms with van der Waals surface area (Å²) in [4.78, 5) is 23.0. The highest BCUT2D eigenvalue weighted by atomic mass is 16.5. The van der Waals surface area contributed by atoms with Gasteiger partial charge in [-0.15, -0.1) is 0 Å². The Hall–Kier alpha value is -2.81. The number of amides is 2. The molecule has 1 aliphatic carbocycles. The highest BCUT2D eigenvalue weighted by Gasteiger charge is 2.19. The van der Waals surface area contributed by atoms with Gasteiger partial charge < -0.3 is 15.8 Å². The summed E-state index contributed by atoms with van der Waals surface area (Å²) in [6, 6.07) is 8.91. The number of hydrogen-bond acceptors (Lipinski definition) is 4. The number of para-hydroxylation sites is 1. The van der Waals surface area contributed by atoms with E-state index in [1.54, 1.807) is 24.3 Å². The van der Waals surface area contributed by atoms with Gasteiger partial charge in [-0.3, -0.25) is 9.59 Å². The molecule has 0 aliphatic heterocycles. The van der Waals surface area contributed by atoms with Crippen LogP contribution in [0.1, 0.15) is 31.2 Å². The first kappa shape index (κ1) is 16.6. The first-order chi connectivity index (χ1) is 11.1. The second kappa shape index (κ2) is 7.99. The van der Waals surface area contributed by atoms with Crippen LogP contribution in [0.2, 0.25) is 0 Å². The van der Waals surface area contributed by atoms with Gasteiger partial charge in [0, 0.05) is 11.6 Å². The molecule has 2 rings (SSSR count). The van der Waals surface area contributed by atoms with Crippen LogP contribution in [-0.4, -0.2) is 24.5 Å². The average molecular weight is 313 g/mol. The second-order valence-corrected chi connectivity index (χ2v) is 5.42. The first-order valence-electron chi connectivity index (χ1n) is 7.53. The van der Waals surface area contributed by atoms with E-state index >= 15 is 0 Å². The van der Waals surface area contributed by atoms with Gasteiger partial charge in [0.15, 0.2) is 6.61 Å². The number of benzene rings is 1. The number of ether oxygens (including phenoxy) is 1. The van der Waals surface area contributed by atoms with E-state index in [4.69, 9.17) is 10.5 Å². The van der Waals surface area contributed by atoms with Crippen molar-refractivity contribution in [2.75, 3.05) is 6.61 Å². The summed E-state index contributed by atoms with van der Waals surface area (Å²) in [6.45, 7) is -0.263. The van der Waals surface area contributed by atoms with Gasteiger partial charge in [-0.05, 0) is 25.0 Å². The van der Waals surface area contributed by atoms with Crippen LogP contribution in [-0.2, 0) is 9.59 Å². The number of carbonyl (C=O) groups is 2. The van der Waals surface area contributed by atoms with Crippen LogP contribution in [0.15, 0.2) is 29.8 Å². The van der Waals surface area contributed by atoms with Crippen molar-refractivity contribution in [1.82, 2.24) is 5.32 Å². The van der Waals surface area contributed by atoms with Crippen molar-refractivity contribution in [3.8, 4) is 11.8 Å². The van der Waals surface area contributed by atoms with Gasteiger partial charge in [0.25, 0.3) is 11.8 Å². The van der Waals surface area contributed by atoms with Crippen LogP contribution < -0.4 is 15.8 Å². The number of primary amides is 1. The van der Waals surface area contributed by atoms with Gasteiger partial charge in [-0.2, -0.15) is 5.26 Å². The molecule has 0 bridgehead atoms. The minimum Gasteiger partial charge on any atom is -0.483 e. The van der Waals surface area contributed by atoms with Gasteiger partial charge in [0.2, 0.25) is 0 Å². The molecule has 0 spiro atoms. The summed E-state index contributed by atoms with van der Waals surface area (Å²) >= 11 is 0. The molecule has 0 radical (unpaired) electrons. The first-order valence-corrected chi connectivity index (χ1v) is 7.53. The molecule has 6 heteroatoms. The predicted octanol–water partition coefficient (Wildman–Crippen LogP) is 1.52. The zero-order valence-corrected chi connectivity index (χ0v) is 12.7. The minimum atomic E-state index is -0.594. The SMILES string of the molecule is N#C/C(=C\c1ccccc1OCC(N)=O)C(=O)NC1CCCC1. The average Bonchev–Trinajstić information content (AvgIpc) is 3.04. The Morgan fingerprint density at radius 2 is 2.04 bits per heavy atom. The Balaban J connectivity index is 2.15. The lowest BCUT2D eigenvalue weighted by atomic mass is 10.1. The predicted molar refractivity (Wildman–Crippen MR) is 85.1 cm³/mol. The van der Waals surface area contributed by atoms with E-state index in [-0.39, 0.29) is 24.1 Å². The van der Waals surface area contributed by atoms with Gasteiger partial charge >= 0.3 is 0 Å². The van der Waals surface area contributed by atoms with Crippen LogP contribution >= 0.6 is 0 Å². The largest absolute Gasteiger partial charge is 0.483 e. The van der Waals surface area contributed by atoms with Gasteiger partial charge in [0.1, 0.15) is 17.4 Å². The molecule has 3 N–H and O–H groups in total. The number of nitrogens with zero attached hydrogens (tertiary/aromatic N) is 1. The second-order valence-electron chi connectivity index (χ2n) is 5.42. The molecule has 23 heavy (non-hydrogen) atoms. The Kier molecular flexibility index (Phi) is 5.75. The molecule has 1 saturated carbocycles. The van der Waals surface area contributed by atoms with Crippen molar-refractivity contribution in [2.45, 2.75) is 31.7 Å². The third kappa shape index (κ3) is 4.85. The van der Waals surface area contributed by atoms with Crippen LogP contribution in [0, 0.1) is 11.3 Å². The Morgan fingerprint density at radius 1 is 1.35 bits per heavy atom. The Labute approximate surface area is 134 Å². The van der Waals surface area contributed by atoms with Crippen molar-refractivity contribution >= 4 is 17.9 Å². The van der Waals surface area contributed by atoms with E-state index in [9.17, 15) is 14.9 Å². The van der Waals surface area contributed by atoms with Crippen LogP contribution in [0.3, 0.4) is 0 Å². The minimum absolute atomic E-state index is 0.00650. The lowest BCUT2D eigenvalue weighted by Crippen LogP contribution is -2.33. The van der Waals surface area contributed by atoms with Crippen molar-refractivity contribution in [3.63, 3.8) is 0 Å². The number of rotatable bonds is 6. The molecule has 1 aromatic carbocycles. The normalized spacial score (nSPS) is 15.0. The fourth-order valence-electron chi connectivity index (χ4n) is 2.52. The number of nitrogens with two attached hydrogens (primary N) is 1. The van der Waals surface area contributed by atoms with E-state index in [1.165, 1.54) is 6.08 Å². The van der Waals surface area contributed by atoms with Crippen molar-refractivity contribution in [1.29, 1.82) is 5.26 Å². The molecule has 1 fully saturated rings. The van der Waals surface area contributed by atoms with Gasteiger partial charge in [0.05, 0.1) is 0 Å². The molecule has 1 aromatic rings. The van der Waals surface area contributed by atoms with Gasteiger partial charge in [-0.25, -0.2) is 0 Å². The van der Waals surface area contributed by atoms with Crippen molar-refractivity contribution in [3.05, 3.63) is 35.4 Å². The van der Waals surface area contributed by atoms with Gasteiger partial charge in [-0.1, -0.05) is 31.0 Å². The number of hydrogen-bond donors (Lipinski definition) is 2. The standard InChI is InChI=1S/C17H19N3O3/c18-10-13(17(22)20-14-6-2-3-7-14)9-12-5-1-4-8-15(12)23-11-16(19)21/h1,4-5,8-9,14H,2-3,6-7,11H2,(H2,19,21)(H,20,22)/b13-9+. The van der Waals surface area contributed by atoms with Crippen LogP contribution in [0.4, 0.5) is 0 Å². The maximum Gasteiger partial charge on any atom is 0.262 e. The molecule has 2 amide bonds. The summed E-state index contributed by atoms with van der Waals surface area (Å²) in [5, 5.41) is 12.1. The van der Waals surface area contributed by atoms with E-state index in [2.05, 4.69) is 5.32 Å². The summed E-state index contributed by atoms with van der Waals surface area (Å²) < 4.78 is 5.30. The molecule has 120 valence electrons. The van der Waals surface area contributed by atoms with Crippen LogP contribution in [0.5, 0.6) is 5.75 Å². The van der Waals surface area contributed by atoms with E-state index in [1.807, 2.05) is 6.07 Å². The fraction of sp³-hybridized carbons (Fsp3) is 0.353. The van der Waals surface area contributed by atoms with Crippen LogP contribution in [0.25, 0.3) is 6.08 Å². The smallest absolute Gasteiger partial charge is 0.262 e. The zero-order chi connectivity index (χ0) is 16.7. The summed E-state index contributed by atoms with van der Waals surface area (Å²) in [7, 11) is 0. The molecule has 0 heterocycles. The van der Waals surface area contributed by atoms with Crippen molar-refractivity contribution < 1.29 is 14.3 Å². The Morgan fingerprint density at radius 3 is 2.70 bits per heavy atom. The number of nitrogens with one attached hydrogen (secondary N) is 1. The summed E-state index contributed by atoms with van der Waals surface area (Å²) in [6.07, 6.45) is 5.55. The van der Waals surface area contributed by atoms with E-state index in [0.717, 1.165) is 25.7 Å². The lowest BCUT2D eigenvalue weighted by Gasteiger charge is -2.11. The highest BCUT2D eigenvalue weighted by Crippen LogP contribution is 2.22. The third-order valence-electron chi connectivity index (χ3n) is 3.64. The van der Waals surface area contributed by atoms with E-state index < -0.39 is 5.91 Å². The summed E-state index contributed by atoms with van der Waals surface area (Å²) in [5.41, 5.74) is 5.62. The molecular weight excluding hydrogens is 294 g/mol. The number of carbonyl (C=O) groups excluding carboxylic acids is 2. The molecule has 6 nitrogen and oxygen atoms in total. The fourth-order valence-corrected chi connectivity index (χ4v) is 2.52. The highest BCUT2D eigenvalue weighted by molar-refractivity contribution is 6.02. The third-order valence-corrected chi connectivity index (χ3v) is 3.64.